The van der Waals surface area contributed by atoms with Gasteiger partial charge in [-0.25, -0.2) is 0 Å². The maximum Gasteiger partial charge on any atom is 0.226 e. The Kier molecular flexibility index (Phi) is 6.97. The van der Waals surface area contributed by atoms with Gasteiger partial charge in [0.2, 0.25) is 5.91 Å². The molecule has 0 bridgehead atoms. The third kappa shape index (κ3) is 4.91. The Labute approximate surface area is 115 Å². The molecular formula is C15H24N2O2. The Hall–Kier alpha value is -1.55. The molecule has 0 aliphatic rings. The van der Waals surface area contributed by atoms with Gasteiger partial charge in [-0.05, 0) is 31.5 Å². The van der Waals surface area contributed by atoms with Crippen LogP contribution in [0.25, 0.3) is 0 Å². The number of amides is 1. The van der Waals surface area contributed by atoms with E-state index in [0.717, 1.165) is 30.7 Å². The lowest BCUT2D eigenvalue weighted by molar-refractivity contribution is -0.118. The van der Waals surface area contributed by atoms with E-state index in [1.165, 1.54) is 0 Å². The van der Waals surface area contributed by atoms with Crippen molar-refractivity contribution in [3.05, 3.63) is 24.3 Å². The Balaban J connectivity index is 2.84. The van der Waals surface area contributed by atoms with Crippen LogP contribution in [0.15, 0.2) is 24.3 Å². The lowest BCUT2D eigenvalue weighted by Gasteiger charge is -2.23. The van der Waals surface area contributed by atoms with E-state index in [4.69, 9.17) is 10.5 Å². The van der Waals surface area contributed by atoms with Gasteiger partial charge in [0.15, 0.2) is 0 Å². The largest absolute Gasteiger partial charge is 0.497 e. The second-order valence-electron chi connectivity index (χ2n) is 4.49. The normalized spacial score (nSPS) is 10.3. The number of rotatable bonds is 8. The molecule has 19 heavy (non-hydrogen) atoms. The van der Waals surface area contributed by atoms with Gasteiger partial charge in [-0.3, -0.25) is 4.79 Å². The van der Waals surface area contributed by atoms with Crippen molar-refractivity contribution in [3.63, 3.8) is 0 Å². The van der Waals surface area contributed by atoms with Gasteiger partial charge in [-0.15, -0.1) is 0 Å². The first-order valence-corrected chi connectivity index (χ1v) is 6.87. The van der Waals surface area contributed by atoms with Crippen LogP contribution in [0.5, 0.6) is 5.75 Å². The van der Waals surface area contributed by atoms with E-state index in [1.807, 2.05) is 29.2 Å². The second-order valence-corrected chi connectivity index (χ2v) is 4.49. The van der Waals surface area contributed by atoms with E-state index in [2.05, 4.69) is 6.92 Å². The lowest BCUT2D eigenvalue weighted by atomic mass is 10.2. The molecule has 2 N–H and O–H groups in total. The summed E-state index contributed by atoms with van der Waals surface area (Å²) >= 11 is 0. The number of nitrogens with two attached hydrogens (primary N) is 1. The summed E-state index contributed by atoms with van der Waals surface area (Å²) in [5.74, 6) is 0.919. The number of methoxy groups -OCH3 is 1. The van der Waals surface area contributed by atoms with Gasteiger partial charge < -0.3 is 15.4 Å². The van der Waals surface area contributed by atoms with Crippen molar-refractivity contribution in [3.8, 4) is 5.75 Å². The fourth-order valence-electron chi connectivity index (χ4n) is 1.89. The number of anilines is 1. The fraction of sp³-hybridized carbons (Fsp3) is 0.533. The average molecular weight is 264 g/mol. The molecule has 0 heterocycles. The summed E-state index contributed by atoms with van der Waals surface area (Å²) in [6.07, 6.45) is 3.32. The summed E-state index contributed by atoms with van der Waals surface area (Å²) < 4.78 is 5.21. The van der Waals surface area contributed by atoms with E-state index >= 15 is 0 Å². The zero-order valence-electron chi connectivity index (χ0n) is 11.9. The Bertz CT molecular complexity index is 393. The number of carbonyl (C=O) groups excluding carboxylic acids is 1. The number of hydrogen-bond acceptors (Lipinski definition) is 3. The van der Waals surface area contributed by atoms with Gasteiger partial charge in [-0.1, -0.05) is 19.4 Å². The molecule has 1 aromatic carbocycles. The van der Waals surface area contributed by atoms with Crippen LogP contribution in [0.1, 0.15) is 32.6 Å². The molecule has 0 aliphatic carbocycles. The highest BCUT2D eigenvalue weighted by atomic mass is 16.5. The van der Waals surface area contributed by atoms with Crippen LogP contribution >= 0.6 is 0 Å². The van der Waals surface area contributed by atoms with E-state index in [9.17, 15) is 4.79 Å². The lowest BCUT2D eigenvalue weighted by Crippen LogP contribution is -2.32. The molecule has 4 heteroatoms. The predicted molar refractivity (Wildman–Crippen MR) is 78.5 cm³/mol. The molecule has 4 nitrogen and oxygen atoms in total. The third-order valence-electron chi connectivity index (χ3n) is 3.00. The molecule has 0 aliphatic heterocycles. The number of carbonyl (C=O) groups is 1. The molecular weight excluding hydrogens is 240 g/mol. The Morgan fingerprint density at radius 3 is 2.79 bits per heavy atom. The molecule has 0 aromatic heterocycles. The first-order valence-electron chi connectivity index (χ1n) is 6.87. The summed E-state index contributed by atoms with van der Waals surface area (Å²) in [5.41, 5.74) is 6.43. The minimum absolute atomic E-state index is 0.156. The minimum atomic E-state index is 0.156. The number of nitrogens with zero attached hydrogens (tertiary/aromatic N) is 1. The summed E-state index contributed by atoms with van der Waals surface area (Å²) in [7, 11) is 1.63. The summed E-state index contributed by atoms with van der Waals surface area (Å²) in [4.78, 5) is 14.1. The quantitative estimate of drug-likeness (QED) is 0.785. The van der Waals surface area contributed by atoms with Gasteiger partial charge in [0.1, 0.15) is 5.75 Å². The van der Waals surface area contributed by atoms with Crippen molar-refractivity contribution >= 4 is 11.6 Å². The van der Waals surface area contributed by atoms with Crippen molar-refractivity contribution in [1.29, 1.82) is 0 Å². The smallest absolute Gasteiger partial charge is 0.226 e. The van der Waals surface area contributed by atoms with Crippen molar-refractivity contribution in [2.75, 3.05) is 25.1 Å². The zero-order valence-corrected chi connectivity index (χ0v) is 11.9. The first kappa shape index (κ1) is 15.5. The van der Waals surface area contributed by atoms with E-state index < -0.39 is 0 Å². The van der Waals surface area contributed by atoms with E-state index in [-0.39, 0.29) is 5.91 Å². The molecule has 0 radical (unpaired) electrons. The second kappa shape index (κ2) is 8.53. The van der Waals surface area contributed by atoms with Crippen LogP contribution in [-0.4, -0.2) is 26.1 Å². The molecule has 106 valence electrons. The molecule has 0 spiro atoms. The molecule has 0 saturated heterocycles. The van der Waals surface area contributed by atoms with Crippen molar-refractivity contribution in [2.45, 2.75) is 32.6 Å². The topological polar surface area (TPSA) is 55.6 Å². The summed E-state index contributed by atoms with van der Waals surface area (Å²) in [5, 5.41) is 0. The molecule has 0 saturated carbocycles. The molecule has 1 amide bonds. The van der Waals surface area contributed by atoms with Crippen LogP contribution < -0.4 is 15.4 Å². The summed E-state index contributed by atoms with van der Waals surface area (Å²) in [6.45, 7) is 3.33. The van der Waals surface area contributed by atoms with E-state index in [1.54, 1.807) is 7.11 Å². The highest BCUT2D eigenvalue weighted by molar-refractivity contribution is 5.93. The Morgan fingerprint density at radius 2 is 2.16 bits per heavy atom. The van der Waals surface area contributed by atoms with Crippen LogP contribution in [0.4, 0.5) is 5.69 Å². The van der Waals surface area contributed by atoms with Crippen LogP contribution in [0, 0.1) is 0 Å². The number of hydrogen-bond donors (Lipinski definition) is 1. The first-order chi connectivity index (χ1) is 9.22. The predicted octanol–water partition coefficient (Wildman–Crippen LogP) is 2.57. The van der Waals surface area contributed by atoms with Gasteiger partial charge in [0.25, 0.3) is 0 Å². The Morgan fingerprint density at radius 1 is 1.37 bits per heavy atom. The fourth-order valence-corrected chi connectivity index (χ4v) is 1.89. The van der Waals surface area contributed by atoms with Crippen LogP contribution in [0.3, 0.4) is 0 Å². The van der Waals surface area contributed by atoms with Crippen molar-refractivity contribution in [2.24, 2.45) is 5.73 Å². The zero-order chi connectivity index (χ0) is 14.1. The maximum atomic E-state index is 12.3. The highest BCUT2D eigenvalue weighted by Gasteiger charge is 2.15. The number of ether oxygens (including phenoxy) is 1. The average Bonchev–Trinajstić information content (AvgIpc) is 2.45. The number of benzene rings is 1. The van der Waals surface area contributed by atoms with Crippen LogP contribution in [0.2, 0.25) is 0 Å². The number of unbranched alkanes of at least 4 members (excludes halogenated alkanes) is 1. The maximum absolute atomic E-state index is 12.3. The van der Waals surface area contributed by atoms with Crippen molar-refractivity contribution < 1.29 is 9.53 Å². The third-order valence-corrected chi connectivity index (χ3v) is 3.00. The monoisotopic (exact) mass is 264 g/mol. The molecule has 0 unspecified atom stereocenters. The van der Waals surface area contributed by atoms with Gasteiger partial charge >= 0.3 is 0 Å². The molecule has 1 aromatic rings. The van der Waals surface area contributed by atoms with Gasteiger partial charge in [0.05, 0.1) is 7.11 Å². The SMILES string of the molecule is CCCCC(=O)N(CCCN)c1cccc(OC)c1. The van der Waals surface area contributed by atoms with Crippen molar-refractivity contribution in [1.82, 2.24) is 0 Å². The minimum Gasteiger partial charge on any atom is -0.497 e. The van der Waals surface area contributed by atoms with Crippen LogP contribution in [-0.2, 0) is 4.79 Å². The molecule has 1 rings (SSSR count). The molecule has 0 atom stereocenters. The highest BCUT2D eigenvalue weighted by Crippen LogP contribution is 2.22. The summed E-state index contributed by atoms with van der Waals surface area (Å²) in [6, 6.07) is 7.60. The van der Waals surface area contributed by atoms with Gasteiger partial charge in [0, 0.05) is 24.7 Å². The van der Waals surface area contributed by atoms with Gasteiger partial charge in [-0.2, -0.15) is 0 Å². The van der Waals surface area contributed by atoms with E-state index in [0.29, 0.717) is 19.5 Å². The molecule has 0 fully saturated rings. The standard InChI is InChI=1S/C15H24N2O2/c1-3-4-9-15(18)17(11-6-10-16)13-7-5-8-14(12-13)19-2/h5,7-8,12H,3-4,6,9-11,16H2,1-2H3.